The Balaban J connectivity index is 0.00000272. The van der Waals surface area contributed by atoms with Gasteiger partial charge in [-0.05, 0) is 37.8 Å². The van der Waals surface area contributed by atoms with E-state index in [4.69, 9.17) is 25.6 Å². The Morgan fingerprint density at radius 1 is 1.32 bits per heavy atom. The highest BCUT2D eigenvalue weighted by atomic mass is 127. The predicted molar refractivity (Wildman–Crippen MR) is 130 cm³/mol. The number of likely N-dealkylation sites (tertiary alicyclic amines) is 1. The normalized spacial score (nSPS) is 20.0. The highest BCUT2D eigenvalue weighted by Crippen LogP contribution is 2.20. The minimum absolute atomic E-state index is 0. The van der Waals surface area contributed by atoms with Gasteiger partial charge in [0.15, 0.2) is 5.96 Å². The second-order valence-electron chi connectivity index (χ2n) is 7.58. The Labute approximate surface area is 204 Å². The number of hydrogen-bond donors (Lipinski definition) is 1. The molecule has 2 aliphatic heterocycles. The predicted octanol–water partition coefficient (Wildman–Crippen LogP) is 3.74. The molecule has 0 radical (unpaired) electrons. The number of halogens is 2. The topological polar surface area (TPSA) is 85.0 Å². The maximum atomic E-state index is 6.06. The molecule has 3 heterocycles. The molecule has 0 amide bonds. The molecule has 0 saturated carbocycles. The van der Waals surface area contributed by atoms with Crippen LogP contribution in [0.2, 0.25) is 5.02 Å². The van der Waals surface area contributed by atoms with Crippen molar-refractivity contribution in [1.82, 2.24) is 20.4 Å². The van der Waals surface area contributed by atoms with Crippen molar-refractivity contribution in [1.29, 1.82) is 0 Å². The smallest absolute Gasteiger partial charge is 0.246 e. The molecule has 170 valence electrons. The number of ether oxygens (including phenoxy) is 2. The van der Waals surface area contributed by atoms with E-state index in [0.29, 0.717) is 36.0 Å². The number of guanidine groups is 1. The van der Waals surface area contributed by atoms with Crippen LogP contribution < -0.4 is 5.32 Å². The summed E-state index contributed by atoms with van der Waals surface area (Å²) in [7, 11) is 1.79. The fourth-order valence-corrected chi connectivity index (χ4v) is 4.00. The molecule has 31 heavy (non-hydrogen) atoms. The first-order valence-corrected chi connectivity index (χ1v) is 10.9. The van der Waals surface area contributed by atoms with Crippen LogP contribution in [-0.2, 0) is 16.0 Å². The van der Waals surface area contributed by atoms with Crippen LogP contribution >= 0.6 is 35.6 Å². The summed E-state index contributed by atoms with van der Waals surface area (Å²) >= 11 is 6.04. The Morgan fingerprint density at radius 3 is 2.87 bits per heavy atom. The molecule has 2 fully saturated rings. The first-order chi connectivity index (χ1) is 14.7. The molecule has 8 nitrogen and oxygen atoms in total. The molecule has 1 N–H and O–H groups in total. The van der Waals surface area contributed by atoms with Gasteiger partial charge in [-0.25, -0.2) is 0 Å². The Bertz CT molecular complexity index is 851. The molecule has 2 saturated heterocycles. The van der Waals surface area contributed by atoms with Gasteiger partial charge in [0.05, 0.1) is 25.4 Å². The number of piperidine rings is 1. The number of aromatic nitrogens is 2. The van der Waals surface area contributed by atoms with Gasteiger partial charge in [-0.3, -0.25) is 4.99 Å². The van der Waals surface area contributed by atoms with Crippen molar-refractivity contribution in [3.63, 3.8) is 0 Å². The minimum Gasteiger partial charge on any atom is -0.376 e. The lowest BCUT2D eigenvalue weighted by molar-refractivity contribution is -0.0367. The first-order valence-electron chi connectivity index (χ1n) is 10.5. The quantitative estimate of drug-likeness (QED) is 0.327. The number of benzene rings is 1. The van der Waals surface area contributed by atoms with E-state index in [1.165, 1.54) is 0 Å². The standard InChI is InChI=1S/C21H28ClN5O3.HI/c1-23-21(27-9-7-17(8-10-27)29-14-18-6-3-11-28-18)24-13-19-25-20(26-30-19)15-4-2-5-16(22)12-15;/h2,4-5,12,17-18H,3,6-11,13-14H2,1H3,(H,23,24);1H. The highest BCUT2D eigenvalue weighted by molar-refractivity contribution is 14.0. The molecule has 0 bridgehead atoms. The summed E-state index contributed by atoms with van der Waals surface area (Å²) in [5.74, 6) is 1.85. The average molecular weight is 562 g/mol. The summed E-state index contributed by atoms with van der Waals surface area (Å²) in [6.07, 6.45) is 4.79. The molecule has 2 aromatic rings. The highest BCUT2D eigenvalue weighted by Gasteiger charge is 2.24. The number of hydrogen-bond acceptors (Lipinski definition) is 6. The van der Waals surface area contributed by atoms with Crippen molar-refractivity contribution in [3.05, 3.63) is 35.2 Å². The van der Waals surface area contributed by atoms with E-state index in [9.17, 15) is 0 Å². The zero-order valence-corrected chi connectivity index (χ0v) is 20.7. The maximum absolute atomic E-state index is 6.06. The van der Waals surface area contributed by atoms with Gasteiger partial charge in [-0.2, -0.15) is 4.98 Å². The lowest BCUT2D eigenvalue weighted by Crippen LogP contribution is -2.47. The Morgan fingerprint density at radius 2 is 2.16 bits per heavy atom. The van der Waals surface area contributed by atoms with Crippen LogP contribution in [0.3, 0.4) is 0 Å². The summed E-state index contributed by atoms with van der Waals surface area (Å²) in [5.41, 5.74) is 0.826. The van der Waals surface area contributed by atoms with E-state index in [0.717, 1.165) is 56.9 Å². The third kappa shape index (κ3) is 6.77. The molecular weight excluding hydrogens is 533 g/mol. The second-order valence-corrected chi connectivity index (χ2v) is 8.01. The molecule has 0 spiro atoms. The van der Waals surface area contributed by atoms with Crippen LogP contribution in [0.4, 0.5) is 0 Å². The molecule has 4 rings (SSSR count). The molecule has 1 unspecified atom stereocenters. The molecule has 10 heteroatoms. The van der Waals surface area contributed by atoms with Gasteiger partial charge in [-0.15, -0.1) is 24.0 Å². The van der Waals surface area contributed by atoms with Gasteiger partial charge in [0.2, 0.25) is 11.7 Å². The van der Waals surface area contributed by atoms with Crippen LogP contribution in [-0.4, -0.2) is 66.6 Å². The van der Waals surface area contributed by atoms with Gasteiger partial charge in [0.1, 0.15) is 0 Å². The monoisotopic (exact) mass is 561 g/mol. The van der Waals surface area contributed by atoms with Gasteiger partial charge in [0, 0.05) is 37.3 Å². The maximum Gasteiger partial charge on any atom is 0.246 e. The zero-order chi connectivity index (χ0) is 20.8. The summed E-state index contributed by atoms with van der Waals surface area (Å²) in [5, 5.41) is 8.00. The Hall–Kier alpha value is -1.43. The van der Waals surface area contributed by atoms with Crippen molar-refractivity contribution in [2.45, 2.75) is 44.4 Å². The van der Waals surface area contributed by atoms with E-state index in [1.807, 2.05) is 24.3 Å². The summed E-state index contributed by atoms with van der Waals surface area (Å²) < 4.78 is 17.1. The average Bonchev–Trinajstić information content (AvgIpc) is 3.46. The lowest BCUT2D eigenvalue weighted by atomic mass is 10.1. The third-order valence-electron chi connectivity index (χ3n) is 5.44. The van der Waals surface area contributed by atoms with Crippen LogP contribution in [0, 0.1) is 0 Å². The van der Waals surface area contributed by atoms with Crippen molar-refractivity contribution >= 4 is 41.5 Å². The first kappa shape index (κ1) is 24.2. The van der Waals surface area contributed by atoms with Gasteiger partial charge < -0.3 is 24.2 Å². The van der Waals surface area contributed by atoms with Crippen molar-refractivity contribution in [2.75, 3.05) is 33.4 Å². The Kier molecular flexibility index (Phi) is 9.36. The third-order valence-corrected chi connectivity index (χ3v) is 5.68. The summed E-state index contributed by atoms with van der Waals surface area (Å²) in [6.45, 7) is 3.79. The zero-order valence-electron chi connectivity index (χ0n) is 17.6. The van der Waals surface area contributed by atoms with Gasteiger partial charge >= 0.3 is 0 Å². The number of aliphatic imine (C=N–C) groups is 1. The molecule has 1 aromatic heterocycles. The van der Waals surface area contributed by atoms with Crippen molar-refractivity contribution < 1.29 is 14.0 Å². The van der Waals surface area contributed by atoms with Crippen LogP contribution in [0.25, 0.3) is 11.4 Å². The SMILES string of the molecule is CN=C(NCc1nc(-c2cccc(Cl)c2)no1)N1CCC(OCC2CCCO2)CC1.I. The molecular formula is C21H29ClIN5O3. The molecule has 1 atom stereocenters. The van der Waals surface area contributed by atoms with E-state index in [-0.39, 0.29) is 30.1 Å². The minimum atomic E-state index is 0. The van der Waals surface area contributed by atoms with Crippen molar-refractivity contribution in [3.8, 4) is 11.4 Å². The van der Waals surface area contributed by atoms with Crippen LogP contribution in [0.1, 0.15) is 31.6 Å². The lowest BCUT2D eigenvalue weighted by Gasteiger charge is -2.34. The van der Waals surface area contributed by atoms with E-state index >= 15 is 0 Å². The second kappa shape index (κ2) is 12.0. The van der Waals surface area contributed by atoms with E-state index in [1.54, 1.807) is 7.05 Å². The fraction of sp³-hybridized carbons (Fsp3) is 0.571. The molecule has 0 aliphatic carbocycles. The molecule has 1 aromatic carbocycles. The van der Waals surface area contributed by atoms with E-state index in [2.05, 4.69) is 25.3 Å². The fourth-order valence-electron chi connectivity index (χ4n) is 3.81. The van der Waals surface area contributed by atoms with Gasteiger partial charge in [-0.1, -0.05) is 28.9 Å². The number of nitrogens with zero attached hydrogens (tertiary/aromatic N) is 4. The van der Waals surface area contributed by atoms with Crippen LogP contribution in [0.5, 0.6) is 0 Å². The number of rotatable bonds is 6. The summed E-state index contributed by atoms with van der Waals surface area (Å²) in [6, 6.07) is 7.39. The van der Waals surface area contributed by atoms with Gasteiger partial charge in [0.25, 0.3) is 0 Å². The molecule has 2 aliphatic rings. The number of nitrogens with one attached hydrogen (secondary N) is 1. The van der Waals surface area contributed by atoms with E-state index < -0.39 is 0 Å². The van der Waals surface area contributed by atoms with Crippen LogP contribution in [0.15, 0.2) is 33.8 Å². The largest absolute Gasteiger partial charge is 0.376 e. The summed E-state index contributed by atoms with van der Waals surface area (Å²) in [4.78, 5) is 11.1. The van der Waals surface area contributed by atoms with Crippen molar-refractivity contribution in [2.24, 2.45) is 4.99 Å².